The molecule has 1 aromatic carbocycles. The van der Waals surface area contributed by atoms with Gasteiger partial charge in [0.25, 0.3) is 0 Å². The number of carbonyl (C=O) groups excluding carboxylic acids is 1. The van der Waals surface area contributed by atoms with Crippen LogP contribution in [0.25, 0.3) is 0 Å². The Morgan fingerprint density at radius 3 is 2.84 bits per heavy atom. The summed E-state index contributed by atoms with van der Waals surface area (Å²) < 4.78 is 0. The number of likely N-dealkylation sites (tertiary alicyclic amines) is 1. The molecule has 2 atom stereocenters. The Morgan fingerprint density at radius 2 is 2.11 bits per heavy atom. The van der Waals surface area contributed by atoms with Gasteiger partial charge < -0.3 is 10.2 Å². The summed E-state index contributed by atoms with van der Waals surface area (Å²) in [5, 5.41) is 3.29. The van der Waals surface area contributed by atoms with Crippen LogP contribution in [0.3, 0.4) is 0 Å². The van der Waals surface area contributed by atoms with Gasteiger partial charge in [-0.2, -0.15) is 0 Å². The van der Waals surface area contributed by atoms with Crippen molar-refractivity contribution in [3.8, 4) is 0 Å². The van der Waals surface area contributed by atoms with Crippen molar-refractivity contribution in [2.45, 2.75) is 31.7 Å². The first-order valence-electron chi connectivity index (χ1n) is 7.40. The fourth-order valence-corrected chi connectivity index (χ4v) is 3.32. The van der Waals surface area contributed by atoms with Gasteiger partial charge in [0.2, 0.25) is 5.91 Å². The summed E-state index contributed by atoms with van der Waals surface area (Å²) in [5.74, 6) is 0.597. The van der Waals surface area contributed by atoms with Crippen LogP contribution < -0.4 is 5.32 Å². The molecule has 0 saturated carbocycles. The minimum absolute atomic E-state index is 0.219. The second-order valence-corrected chi connectivity index (χ2v) is 5.71. The number of carbonyl (C=O) groups is 1. The second-order valence-electron chi connectivity index (χ2n) is 5.71. The third-order valence-electron chi connectivity index (χ3n) is 4.38. The van der Waals surface area contributed by atoms with Crippen LogP contribution in [-0.2, 0) is 11.2 Å². The molecule has 3 heteroatoms. The van der Waals surface area contributed by atoms with Crippen molar-refractivity contribution in [1.82, 2.24) is 10.2 Å². The molecule has 3 rings (SSSR count). The molecule has 0 aliphatic carbocycles. The largest absolute Gasteiger partial charge is 0.339 e. The van der Waals surface area contributed by atoms with Gasteiger partial charge in [0, 0.05) is 19.1 Å². The Hall–Kier alpha value is -1.35. The van der Waals surface area contributed by atoms with Crippen LogP contribution in [0.1, 0.15) is 24.8 Å². The zero-order chi connectivity index (χ0) is 13.1. The lowest BCUT2D eigenvalue weighted by molar-refractivity contribution is -0.135. The van der Waals surface area contributed by atoms with E-state index in [1.54, 1.807) is 0 Å². The van der Waals surface area contributed by atoms with Gasteiger partial charge in [-0.1, -0.05) is 30.3 Å². The smallest absolute Gasteiger partial charge is 0.227 e. The maximum atomic E-state index is 12.5. The van der Waals surface area contributed by atoms with Crippen LogP contribution in [0.15, 0.2) is 30.3 Å². The van der Waals surface area contributed by atoms with E-state index in [-0.39, 0.29) is 5.92 Å². The van der Waals surface area contributed by atoms with Crippen molar-refractivity contribution in [1.29, 1.82) is 0 Å². The molecule has 1 amide bonds. The fraction of sp³-hybridized carbons (Fsp3) is 0.562. The Bertz CT molecular complexity index is 426. The molecule has 1 aromatic rings. The number of hydrogen-bond acceptors (Lipinski definition) is 2. The van der Waals surface area contributed by atoms with Crippen LogP contribution in [-0.4, -0.2) is 36.5 Å². The zero-order valence-corrected chi connectivity index (χ0v) is 11.3. The van der Waals surface area contributed by atoms with E-state index in [2.05, 4.69) is 34.5 Å². The van der Waals surface area contributed by atoms with Gasteiger partial charge in [-0.05, 0) is 37.8 Å². The minimum atomic E-state index is 0.219. The highest BCUT2D eigenvalue weighted by Crippen LogP contribution is 2.24. The minimum Gasteiger partial charge on any atom is -0.339 e. The lowest BCUT2D eigenvalue weighted by atomic mass is 10.0. The van der Waals surface area contributed by atoms with Crippen molar-refractivity contribution in [3.63, 3.8) is 0 Å². The predicted molar refractivity (Wildman–Crippen MR) is 75.9 cm³/mol. The van der Waals surface area contributed by atoms with Gasteiger partial charge in [0.05, 0.1) is 5.92 Å². The molecule has 0 spiro atoms. The Balaban J connectivity index is 1.66. The quantitative estimate of drug-likeness (QED) is 0.897. The van der Waals surface area contributed by atoms with E-state index in [1.807, 2.05) is 6.07 Å². The number of nitrogens with one attached hydrogen (secondary N) is 1. The summed E-state index contributed by atoms with van der Waals surface area (Å²) >= 11 is 0. The number of amides is 1. The van der Waals surface area contributed by atoms with E-state index in [9.17, 15) is 4.79 Å². The van der Waals surface area contributed by atoms with Crippen LogP contribution in [0.2, 0.25) is 0 Å². The Labute approximate surface area is 115 Å². The second kappa shape index (κ2) is 5.74. The number of rotatable bonds is 3. The van der Waals surface area contributed by atoms with Crippen LogP contribution in [0.4, 0.5) is 0 Å². The standard InChI is InChI=1S/C16H22N2O/c19-16(14-8-9-17-12-14)18-10-4-7-15(18)11-13-5-2-1-3-6-13/h1-3,5-6,14-15,17H,4,7-12H2/t14-,15?/m0/s1. The molecule has 2 saturated heterocycles. The molecule has 0 aromatic heterocycles. The summed E-state index contributed by atoms with van der Waals surface area (Å²) in [5.41, 5.74) is 1.34. The summed E-state index contributed by atoms with van der Waals surface area (Å²) in [6.07, 6.45) is 4.32. The van der Waals surface area contributed by atoms with Gasteiger partial charge in [0.15, 0.2) is 0 Å². The van der Waals surface area contributed by atoms with Crippen molar-refractivity contribution < 1.29 is 4.79 Å². The Kier molecular flexibility index (Phi) is 3.83. The molecular formula is C16H22N2O. The summed E-state index contributed by atoms with van der Waals surface area (Å²) in [7, 11) is 0. The fourth-order valence-electron chi connectivity index (χ4n) is 3.32. The van der Waals surface area contributed by atoms with Gasteiger partial charge >= 0.3 is 0 Å². The molecule has 2 fully saturated rings. The van der Waals surface area contributed by atoms with E-state index in [1.165, 1.54) is 5.56 Å². The van der Waals surface area contributed by atoms with Gasteiger partial charge in [-0.25, -0.2) is 0 Å². The first-order valence-corrected chi connectivity index (χ1v) is 7.40. The molecule has 2 heterocycles. The highest BCUT2D eigenvalue weighted by atomic mass is 16.2. The maximum Gasteiger partial charge on any atom is 0.227 e. The molecule has 3 nitrogen and oxygen atoms in total. The molecule has 1 N–H and O–H groups in total. The lowest BCUT2D eigenvalue weighted by Gasteiger charge is -2.27. The van der Waals surface area contributed by atoms with Gasteiger partial charge in [-0.3, -0.25) is 4.79 Å². The van der Waals surface area contributed by atoms with Crippen molar-refractivity contribution in [2.75, 3.05) is 19.6 Å². The average Bonchev–Trinajstić information content (AvgIpc) is 3.10. The van der Waals surface area contributed by atoms with Crippen molar-refractivity contribution in [2.24, 2.45) is 5.92 Å². The molecular weight excluding hydrogens is 236 g/mol. The molecule has 0 bridgehead atoms. The van der Waals surface area contributed by atoms with Crippen LogP contribution in [0.5, 0.6) is 0 Å². The van der Waals surface area contributed by atoms with Crippen molar-refractivity contribution >= 4 is 5.91 Å². The molecule has 2 aliphatic heterocycles. The summed E-state index contributed by atoms with van der Waals surface area (Å²) in [6, 6.07) is 11.0. The normalized spacial score (nSPS) is 26.8. The third-order valence-corrected chi connectivity index (χ3v) is 4.38. The molecule has 0 radical (unpaired) electrons. The van der Waals surface area contributed by atoms with Gasteiger partial charge in [0.1, 0.15) is 0 Å². The molecule has 19 heavy (non-hydrogen) atoms. The predicted octanol–water partition coefficient (Wildman–Crippen LogP) is 1.83. The first kappa shape index (κ1) is 12.7. The first-order chi connectivity index (χ1) is 9.34. The monoisotopic (exact) mass is 258 g/mol. The highest BCUT2D eigenvalue weighted by Gasteiger charge is 2.34. The van der Waals surface area contributed by atoms with Crippen molar-refractivity contribution in [3.05, 3.63) is 35.9 Å². The SMILES string of the molecule is O=C([C@H]1CCNC1)N1CCCC1Cc1ccccc1. The van der Waals surface area contributed by atoms with Crippen LogP contribution >= 0.6 is 0 Å². The molecule has 1 unspecified atom stereocenters. The topological polar surface area (TPSA) is 32.3 Å². The third kappa shape index (κ3) is 2.81. The van der Waals surface area contributed by atoms with Crippen LogP contribution in [0, 0.1) is 5.92 Å². The maximum absolute atomic E-state index is 12.5. The summed E-state index contributed by atoms with van der Waals surface area (Å²) in [4.78, 5) is 14.7. The van der Waals surface area contributed by atoms with E-state index in [0.717, 1.165) is 45.3 Å². The lowest BCUT2D eigenvalue weighted by Crippen LogP contribution is -2.41. The molecule has 2 aliphatic rings. The highest BCUT2D eigenvalue weighted by molar-refractivity contribution is 5.80. The Morgan fingerprint density at radius 1 is 1.26 bits per heavy atom. The van der Waals surface area contributed by atoms with E-state index < -0.39 is 0 Å². The van der Waals surface area contributed by atoms with E-state index in [4.69, 9.17) is 0 Å². The molecule has 102 valence electrons. The number of hydrogen-bond donors (Lipinski definition) is 1. The number of nitrogens with zero attached hydrogens (tertiary/aromatic N) is 1. The van der Waals surface area contributed by atoms with E-state index >= 15 is 0 Å². The zero-order valence-electron chi connectivity index (χ0n) is 11.3. The average molecular weight is 258 g/mol. The number of benzene rings is 1. The van der Waals surface area contributed by atoms with Gasteiger partial charge in [-0.15, -0.1) is 0 Å². The van der Waals surface area contributed by atoms with E-state index in [0.29, 0.717) is 11.9 Å². The summed E-state index contributed by atoms with van der Waals surface area (Å²) in [6.45, 7) is 2.81.